The Morgan fingerprint density at radius 3 is 2.93 bits per heavy atom. The molecular weight excluding hydrogens is 204 g/mol. The summed E-state index contributed by atoms with van der Waals surface area (Å²) in [4.78, 5) is 1.38. The first kappa shape index (κ1) is 12.4. The van der Waals surface area contributed by atoms with Crippen molar-refractivity contribution >= 4 is 11.3 Å². The zero-order chi connectivity index (χ0) is 11.3. The van der Waals surface area contributed by atoms with Crippen LogP contribution < -0.4 is 11.3 Å². The standard InChI is InChI=1S/C12H20N2S/c1-4-10-7-8-15-12(10)11(14-13)6-5-9(2)3/h7-8,11,14H,2,4-6,13H2,1,3H3. The second-order valence-corrected chi connectivity index (χ2v) is 4.83. The van der Waals surface area contributed by atoms with E-state index in [9.17, 15) is 0 Å². The molecule has 1 rings (SSSR count). The summed E-state index contributed by atoms with van der Waals surface area (Å²) in [6.07, 6.45) is 3.12. The van der Waals surface area contributed by atoms with Crippen molar-refractivity contribution in [1.29, 1.82) is 0 Å². The number of nitrogens with two attached hydrogens (primary N) is 1. The van der Waals surface area contributed by atoms with Crippen LogP contribution in [0.15, 0.2) is 23.6 Å². The lowest BCUT2D eigenvalue weighted by Crippen LogP contribution is -2.28. The third-order valence-electron chi connectivity index (χ3n) is 2.54. The molecule has 0 bridgehead atoms. The average Bonchev–Trinajstić information content (AvgIpc) is 2.66. The minimum atomic E-state index is 0.275. The average molecular weight is 224 g/mol. The summed E-state index contributed by atoms with van der Waals surface area (Å²) >= 11 is 1.79. The van der Waals surface area contributed by atoms with E-state index in [0.717, 1.165) is 19.3 Å². The van der Waals surface area contributed by atoms with Crippen LogP contribution in [0.3, 0.4) is 0 Å². The van der Waals surface area contributed by atoms with Crippen molar-refractivity contribution in [2.75, 3.05) is 0 Å². The number of allylic oxidation sites excluding steroid dienone is 1. The highest BCUT2D eigenvalue weighted by Gasteiger charge is 2.14. The van der Waals surface area contributed by atoms with Gasteiger partial charge in [-0.3, -0.25) is 11.3 Å². The van der Waals surface area contributed by atoms with Gasteiger partial charge in [-0.15, -0.1) is 17.9 Å². The molecule has 1 atom stereocenters. The Bertz CT molecular complexity index is 317. The van der Waals surface area contributed by atoms with E-state index in [0.29, 0.717) is 0 Å². The topological polar surface area (TPSA) is 38.0 Å². The second kappa shape index (κ2) is 6.05. The molecule has 0 radical (unpaired) electrons. The third kappa shape index (κ3) is 3.45. The lowest BCUT2D eigenvalue weighted by Gasteiger charge is -2.16. The molecule has 0 saturated heterocycles. The molecule has 1 unspecified atom stereocenters. The van der Waals surface area contributed by atoms with Crippen LogP contribution in [0.2, 0.25) is 0 Å². The number of hydrogen-bond acceptors (Lipinski definition) is 3. The highest BCUT2D eigenvalue weighted by molar-refractivity contribution is 7.10. The first-order valence-electron chi connectivity index (χ1n) is 5.35. The highest BCUT2D eigenvalue weighted by Crippen LogP contribution is 2.28. The van der Waals surface area contributed by atoms with Gasteiger partial charge in [-0.25, -0.2) is 0 Å². The van der Waals surface area contributed by atoms with Crippen LogP contribution in [0.5, 0.6) is 0 Å². The number of aryl methyl sites for hydroxylation is 1. The predicted molar refractivity (Wildman–Crippen MR) is 67.8 cm³/mol. The van der Waals surface area contributed by atoms with Gasteiger partial charge in [0.1, 0.15) is 0 Å². The van der Waals surface area contributed by atoms with Crippen LogP contribution in [0, 0.1) is 0 Å². The molecule has 0 aliphatic rings. The maximum atomic E-state index is 5.60. The minimum absolute atomic E-state index is 0.275. The van der Waals surface area contributed by atoms with Gasteiger partial charge in [-0.2, -0.15) is 0 Å². The Labute approximate surface area is 96.2 Å². The SMILES string of the molecule is C=C(C)CCC(NN)c1sccc1CC. The van der Waals surface area contributed by atoms with Gasteiger partial charge in [0, 0.05) is 4.88 Å². The van der Waals surface area contributed by atoms with Crippen LogP contribution in [0.1, 0.15) is 43.2 Å². The number of nitrogens with one attached hydrogen (secondary N) is 1. The maximum Gasteiger partial charge on any atom is 0.0559 e. The zero-order valence-electron chi connectivity index (χ0n) is 9.55. The van der Waals surface area contributed by atoms with E-state index >= 15 is 0 Å². The summed E-state index contributed by atoms with van der Waals surface area (Å²) in [5, 5.41) is 2.14. The van der Waals surface area contributed by atoms with E-state index < -0.39 is 0 Å². The molecule has 2 nitrogen and oxygen atoms in total. The van der Waals surface area contributed by atoms with Crippen molar-refractivity contribution in [3.8, 4) is 0 Å². The summed E-state index contributed by atoms with van der Waals surface area (Å²) < 4.78 is 0. The normalized spacial score (nSPS) is 12.7. The van der Waals surface area contributed by atoms with Gasteiger partial charge < -0.3 is 0 Å². The number of rotatable bonds is 6. The van der Waals surface area contributed by atoms with Crippen LogP contribution in [0.4, 0.5) is 0 Å². The largest absolute Gasteiger partial charge is 0.271 e. The van der Waals surface area contributed by atoms with Gasteiger partial charge in [0.15, 0.2) is 0 Å². The molecule has 1 aromatic heterocycles. The van der Waals surface area contributed by atoms with Crippen LogP contribution >= 0.6 is 11.3 Å². The molecule has 0 spiro atoms. The Morgan fingerprint density at radius 2 is 2.40 bits per heavy atom. The first-order valence-corrected chi connectivity index (χ1v) is 6.23. The van der Waals surface area contributed by atoms with Crippen molar-refractivity contribution in [3.63, 3.8) is 0 Å². The van der Waals surface area contributed by atoms with Crippen LogP contribution in [-0.2, 0) is 6.42 Å². The van der Waals surface area contributed by atoms with Gasteiger partial charge >= 0.3 is 0 Å². The monoisotopic (exact) mass is 224 g/mol. The second-order valence-electron chi connectivity index (χ2n) is 3.88. The fourth-order valence-electron chi connectivity index (χ4n) is 1.63. The molecule has 84 valence electrons. The van der Waals surface area contributed by atoms with E-state index in [-0.39, 0.29) is 6.04 Å². The summed E-state index contributed by atoms with van der Waals surface area (Å²) in [6, 6.07) is 2.46. The van der Waals surface area contributed by atoms with Gasteiger partial charge in [-0.05, 0) is 43.2 Å². The molecule has 0 saturated carbocycles. The summed E-state index contributed by atoms with van der Waals surface area (Å²) in [5.74, 6) is 5.60. The van der Waals surface area contributed by atoms with Crippen molar-refractivity contribution in [2.24, 2.45) is 5.84 Å². The quantitative estimate of drug-likeness (QED) is 0.442. The zero-order valence-corrected chi connectivity index (χ0v) is 10.4. The molecule has 15 heavy (non-hydrogen) atoms. The molecule has 0 aliphatic carbocycles. The summed E-state index contributed by atoms with van der Waals surface area (Å²) in [6.45, 7) is 8.16. The van der Waals surface area contributed by atoms with Crippen molar-refractivity contribution in [2.45, 2.75) is 39.2 Å². The predicted octanol–water partition coefficient (Wildman–Crippen LogP) is 3.17. The van der Waals surface area contributed by atoms with E-state index in [1.807, 2.05) is 0 Å². The smallest absolute Gasteiger partial charge is 0.0559 e. The molecule has 1 heterocycles. The molecule has 1 aromatic rings. The Hall–Kier alpha value is -0.640. The Balaban J connectivity index is 2.69. The van der Waals surface area contributed by atoms with Crippen LogP contribution in [-0.4, -0.2) is 0 Å². The fraction of sp³-hybridized carbons (Fsp3) is 0.500. The molecule has 0 fully saturated rings. The molecule has 0 aliphatic heterocycles. The van der Waals surface area contributed by atoms with Gasteiger partial charge in [0.25, 0.3) is 0 Å². The summed E-state index contributed by atoms with van der Waals surface area (Å²) in [7, 11) is 0. The Kier molecular flexibility index (Phi) is 5.02. The van der Waals surface area contributed by atoms with E-state index in [4.69, 9.17) is 5.84 Å². The molecule has 3 heteroatoms. The van der Waals surface area contributed by atoms with Gasteiger partial charge in [-0.1, -0.05) is 12.5 Å². The van der Waals surface area contributed by atoms with Crippen molar-refractivity contribution < 1.29 is 0 Å². The van der Waals surface area contributed by atoms with Crippen LogP contribution in [0.25, 0.3) is 0 Å². The minimum Gasteiger partial charge on any atom is -0.271 e. The van der Waals surface area contributed by atoms with E-state index in [1.54, 1.807) is 11.3 Å². The molecule has 3 N–H and O–H groups in total. The first-order chi connectivity index (χ1) is 7.19. The maximum absolute atomic E-state index is 5.60. The van der Waals surface area contributed by atoms with Crippen molar-refractivity contribution in [1.82, 2.24) is 5.43 Å². The highest BCUT2D eigenvalue weighted by atomic mass is 32.1. The number of hydrazine groups is 1. The van der Waals surface area contributed by atoms with E-state index in [1.165, 1.54) is 16.0 Å². The third-order valence-corrected chi connectivity index (χ3v) is 3.61. The van der Waals surface area contributed by atoms with E-state index in [2.05, 4.69) is 37.3 Å². The lowest BCUT2D eigenvalue weighted by molar-refractivity contribution is 0.520. The molecular formula is C12H20N2S. The fourth-order valence-corrected chi connectivity index (χ4v) is 2.72. The lowest BCUT2D eigenvalue weighted by atomic mass is 10.0. The number of thiophene rings is 1. The number of hydrogen-bond donors (Lipinski definition) is 2. The van der Waals surface area contributed by atoms with Crippen molar-refractivity contribution in [3.05, 3.63) is 34.0 Å². The molecule has 0 aromatic carbocycles. The van der Waals surface area contributed by atoms with Gasteiger partial charge in [0.2, 0.25) is 0 Å². The Morgan fingerprint density at radius 1 is 1.67 bits per heavy atom. The molecule has 0 amide bonds. The van der Waals surface area contributed by atoms with Gasteiger partial charge in [0.05, 0.1) is 6.04 Å². The summed E-state index contributed by atoms with van der Waals surface area (Å²) in [5.41, 5.74) is 5.52.